The number of halogens is 1. The number of hydrogen-bond acceptors (Lipinski definition) is 2. The predicted molar refractivity (Wildman–Crippen MR) is 128 cm³/mol. The fraction of sp³-hybridized carbons (Fsp3) is 0.444. The van der Waals surface area contributed by atoms with Gasteiger partial charge < -0.3 is 9.88 Å². The molecule has 1 aliphatic heterocycles. The number of benzene rings is 2. The van der Waals surface area contributed by atoms with E-state index in [0.717, 1.165) is 55.4 Å². The fourth-order valence-electron chi connectivity index (χ4n) is 5.01. The summed E-state index contributed by atoms with van der Waals surface area (Å²) >= 11 is 0. The highest BCUT2D eigenvalue weighted by atomic mass is 19.1. The first-order chi connectivity index (χ1) is 15.4. The van der Waals surface area contributed by atoms with Crippen molar-refractivity contribution in [2.24, 2.45) is 5.92 Å². The van der Waals surface area contributed by atoms with Gasteiger partial charge in [-0.05, 0) is 88.9 Å². The van der Waals surface area contributed by atoms with Crippen LogP contribution in [0.2, 0.25) is 0 Å². The highest BCUT2D eigenvalue weighted by molar-refractivity contribution is 5.98. The number of amides is 1. The summed E-state index contributed by atoms with van der Waals surface area (Å²) in [5, 5.41) is 1.07. The van der Waals surface area contributed by atoms with Gasteiger partial charge in [0.2, 0.25) is 0 Å². The van der Waals surface area contributed by atoms with Gasteiger partial charge in [-0.1, -0.05) is 30.3 Å². The Bertz CT molecular complexity index is 1030. The Balaban J connectivity index is 1.34. The Hall–Kier alpha value is -2.66. The minimum absolute atomic E-state index is 0.0244. The summed E-state index contributed by atoms with van der Waals surface area (Å²) in [6, 6.07) is 16.9. The number of rotatable bonds is 7. The summed E-state index contributed by atoms with van der Waals surface area (Å²) in [6.07, 6.45) is 2.97. The van der Waals surface area contributed by atoms with Crippen molar-refractivity contribution in [3.8, 4) is 0 Å². The molecule has 170 valence electrons. The average Bonchev–Trinajstić information content (AvgIpc) is 3.21. The highest BCUT2D eigenvalue weighted by Gasteiger charge is 2.32. The second-order valence-corrected chi connectivity index (χ2v) is 9.66. The van der Waals surface area contributed by atoms with Crippen molar-refractivity contribution in [1.82, 2.24) is 14.8 Å². The summed E-state index contributed by atoms with van der Waals surface area (Å²) in [4.78, 5) is 20.9. The number of aromatic nitrogens is 1. The van der Waals surface area contributed by atoms with Crippen LogP contribution in [0.3, 0.4) is 0 Å². The van der Waals surface area contributed by atoms with Gasteiger partial charge in [-0.3, -0.25) is 9.69 Å². The molecule has 5 heteroatoms. The van der Waals surface area contributed by atoms with Crippen LogP contribution >= 0.6 is 0 Å². The number of para-hydroxylation sites is 1. The second-order valence-electron chi connectivity index (χ2n) is 9.66. The first-order valence-corrected chi connectivity index (χ1v) is 11.7. The number of carbonyl (C=O) groups excluding carboxylic acids is 1. The molecule has 0 radical (unpaired) electrons. The summed E-state index contributed by atoms with van der Waals surface area (Å²) in [6.45, 7) is 10.1. The zero-order chi connectivity index (χ0) is 22.7. The van der Waals surface area contributed by atoms with E-state index in [4.69, 9.17) is 0 Å². The van der Waals surface area contributed by atoms with Crippen molar-refractivity contribution in [2.75, 3.05) is 26.2 Å². The summed E-state index contributed by atoms with van der Waals surface area (Å²) in [5.41, 5.74) is 2.68. The van der Waals surface area contributed by atoms with Crippen LogP contribution in [0.15, 0.2) is 54.6 Å². The molecular weight excluding hydrogens is 401 g/mol. The lowest BCUT2D eigenvalue weighted by Crippen LogP contribution is -2.50. The standard InChI is InChI=1S/C27H34FN3O/c1-4-30(26(32)25-17-22-9-5-6-11-24(22)29-25)19-20-12-14-31(15-13-20)27(2,3)18-21-8-7-10-23(28)16-21/h5-11,16-17,20,29H,4,12-15,18-19H2,1-3H3. The monoisotopic (exact) mass is 435 g/mol. The van der Waals surface area contributed by atoms with E-state index in [1.807, 2.05) is 41.3 Å². The van der Waals surface area contributed by atoms with Crippen LogP contribution in [0.25, 0.3) is 10.9 Å². The quantitative estimate of drug-likeness (QED) is 0.532. The minimum atomic E-state index is -0.170. The lowest BCUT2D eigenvalue weighted by atomic mass is 9.88. The molecule has 2 aromatic carbocycles. The highest BCUT2D eigenvalue weighted by Crippen LogP contribution is 2.28. The van der Waals surface area contributed by atoms with E-state index in [1.54, 1.807) is 12.1 Å². The number of nitrogens with zero attached hydrogens (tertiary/aromatic N) is 2. The number of fused-ring (bicyclic) bond motifs is 1. The van der Waals surface area contributed by atoms with E-state index >= 15 is 0 Å². The number of aromatic amines is 1. The number of nitrogens with one attached hydrogen (secondary N) is 1. The summed E-state index contributed by atoms with van der Waals surface area (Å²) in [7, 11) is 0. The van der Waals surface area contributed by atoms with Crippen LogP contribution in [0, 0.1) is 11.7 Å². The van der Waals surface area contributed by atoms with Gasteiger partial charge in [0.05, 0.1) is 0 Å². The van der Waals surface area contributed by atoms with E-state index in [1.165, 1.54) is 6.07 Å². The van der Waals surface area contributed by atoms with Crippen molar-refractivity contribution in [1.29, 1.82) is 0 Å². The Kier molecular flexibility index (Phi) is 6.66. The van der Waals surface area contributed by atoms with Crippen LogP contribution in [0.1, 0.15) is 49.7 Å². The molecule has 3 aromatic rings. The van der Waals surface area contributed by atoms with Crippen molar-refractivity contribution < 1.29 is 9.18 Å². The maximum Gasteiger partial charge on any atom is 0.270 e. The molecule has 1 saturated heterocycles. The predicted octanol–water partition coefficient (Wildman–Crippen LogP) is 5.50. The third kappa shape index (κ3) is 5.04. The van der Waals surface area contributed by atoms with E-state index < -0.39 is 0 Å². The van der Waals surface area contributed by atoms with Gasteiger partial charge in [0.15, 0.2) is 0 Å². The van der Waals surface area contributed by atoms with Gasteiger partial charge in [0, 0.05) is 29.5 Å². The van der Waals surface area contributed by atoms with E-state index in [-0.39, 0.29) is 17.3 Å². The Morgan fingerprint density at radius 2 is 1.88 bits per heavy atom. The van der Waals surface area contributed by atoms with E-state index in [9.17, 15) is 9.18 Å². The van der Waals surface area contributed by atoms with Crippen molar-refractivity contribution in [3.63, 3.8) is 0 Å². The molecule has 1 amide bonds. The molecule has 0 saturated carbocycles. The Morgan fingerprint density at radius 3 is 2.56 bits per heavy atom. The fourth-order valence-corrected chi connectivity index (χ4v) is 5.01. The largest absolute Gasteiger partial charge is 0.351 e. The number of H-pyrrole nitrogens is 1. The zero-order valence-electron chi connectivity index (χ0n) is 19.4. The molecule has 0 unspecified atom stereocenters. The first kappa shape index (κ1) is 22.5. The molecule has 32 heavy (non-hydrogen) atoms. The Morgan fingerprint density at radius 1 is 1.12 bits per heavy atom. The maximum atomic E-state index is 13.6. The van der Waals surface area contributed by atoms with Crippen LogP contribution in [0.5, 0.6) is 0 Å². The summed E-state index contributed by atoms with van der Waals surface area (Å²) in [5.74, 6) is 0.415. The van der Waals surface area contributed by atoms with Gasteiger partial charge in [-0.25, -0.2) is 4.39 Å². The van der Waals surface area contributed by atoms with E-state index in [2.05, 4.69) is 30.7 Å². The number of likely N-dealkylation sites (tertiary alicyclic amines) is 1. The van der Waals surface area contributed by atoms with Gasteiger partial charge in [-0.2, -0.15) is 0 Å². The first-order valence-electron chi connectivity index (χ1n) is 11.7. The Labute approximate surface area is 190 Å². The van der Waals surface area contributed by atoms with Gasteiger partial charge in [0.1, 0.15) is 11.5 Å². The average molecular weight is 436 g/mol. The molecule has 1 N–H and O–H groups in total. The molecule has 0 atom stereocenters. The number of hydrogen-bond donors (Lipinski definition) is 1. The molecule has 0 aliphatic carbocycles. The number of carbonyl (C=O) groups is 1. The second kappa shape index (κ2) is 9.45. The van der Waals surface area contributed by atoms with Crippen molar-refractivity contribution >= 4 is 16.8 Å². The van der Waals surface area contributed by atoms with Crippen LogP contribution in [-0.4, -0.2) is 52.4 Å². The van der Waals surface area contributed by atoms with Crippen LogP contribution < -0.4 is 0 Å². The van der Waals surface area contributed by atoms with E-state index in [0.29, 0.717) is 18.2 Å². The lowest BCUT2D eigenvalue weighted by molar-refractivity contribution is 0.0546. The molecular formula is C27H34FN3O. The lowest BCUT2D eigenvalue weighted by Gasteiger charge is -2.44. The topological polar surface area (TPSA) is 39.3 Å². The zero-order valence-corrected chi connectivity index (χ0v) is 19.4. The number of piperidine rings is 1. The SMILES string of the molecule is CCN(CC1CCN(C(C)(C)Cc2cccc(F)c2)CC1)C(=O)c1cc2ccccc2[nH]1. The minimum Gasteiger partial charge on any atom is -0.351 e. The molecule has 0 bridgehead atoms. The molecule has 4 rings (SSSR count). The van der Waals surface area contributed by atoms with Crippen LogP contribution in [0.4, 0.5) is 4.39 Å². The van der Waals surface area contributed by atoms with Crippen molar-refractivity contribution in [3.05, 3.63) is 71.7 Å². The molecule has 4 nitrogen and oxygen atoms in total. The van der Waals surface area contributed by atoms with Gasteiger partial charge in [0.25, 0.3) is 5.91 Å². The third-order valence-electron chi connectivity index (χ3n) is 6.90. The van der Waals surface area contributed by atoms with Crippen LogP contribution in [-0.2, 0) is 6.42 Å². The molecule has 1 aliphatic rings. The third-order valence-corrected chi connectivity index (χ3v) is 6.90. The van der Waals surface area contributed by atoms with Crippen molar-refractivity contribution in [2.45, 2.75) is 45.6 Å². The molecule has 1 aromatic heterocycles. The summed E-state index contributed by atoms with van der Waals surface area (Å²) < 4.78 is 13.6. The molecule has 0 spiro atoms. The van der Waals surface area contributed by atoms with Gasteiger partial charge >= 0.3 is 0 Å². The normalized spacial score (nSPS) is 15.9. The molecule has 2 heterocycles. The molecule has 1 fully saturated rings. The maximum absolute atomic E-state index is 13.6. The van der Waals surface area contributed by atoms with Gasteiger partial charge in [-0.15, -0.1) is 0 Å². The smallest absolute Gasteiger partial charge is 0.270 e.